The number of ether oxygens (including phenoxy) is 2. The van der Waals surface area contributed by atoms with Crippen molar-refractivity contribution in [2.75, 3.05) is 0 Å². The van der Waals surface area contributed by atoms with Gasteiger partial charge in [0.2, 0.25) is 0 Å². The molecule has 1 aromatic rings. The summed E-state index contributed by atoms with van der Waals surface area (Å²) in [5, 5.41) is 0. The highest BCUT2D eigenvalue weighted by atomic mass is 16.6. The molecule has 0 bridgehead atoms. The van der Waals surface area contributed by atoms with Crippen molar-refractivity contribution < 1.29 is 19.1 Å². The number of benzene rings is 1. The molecule has 0 saturated carbocycles. The van der Waals surface area contributed by atoms with Crippen LogP contribution in [0.2, 0.25) is 0 Å². The second-order valence-electron chi connectivity index (χ2n) is 5.39. The van der Waals surface area contributed by atoms with Crippen LogP contribution in [0.1, 0.15) is 39.7 Å². The molecule has 22 heavy (non-hydrogen) atoms. The molecule has 0 aliphatic rings. The molecule has 4 nitrogen and oxygen atoms in total. The van der Waals surface area contributed by atoms with E-state index in [1.54, 1.807) is 26.8 Å². The molecule has 0 aliphatic heterocycles. The minimum absolute atomic E-state index is 0.178. The largest absolute Gasteiger partial charge is 0.463 e. The number of hydrogen-bond acceptors (Lipinski definition) is 4. The van der Waals surface area contributed by atoms with Crippen LogP contribution in [0, 0.1) is 5.92 Å². The average Bonchev–Trinajstić information content (AvgIpc) is 2.46. The monoisotopic (exact) mass is 304 g/mol. The van der Waals surface area contributed by atoms with Gasteiger partial charge in [0.1, 0.15) is 6.10 Å². The van der Waals surface area contributed by atoms with E-state index in [0.29, 0.717) is 6.42 Å². The molecule has 0 radical (unpaired) electrons. The van der Waals surface area contributed by atoms with Crippen molar-refractivity contribution in [1.82, 2.24) is 0 Å². The van der Waals surface area contributed by atoms with Crippen molar-refractivity contribution >= 4 is 18.0 Å². The van der Waals surface area contributed by atoms with Crippen molar-refractivity contribution in [2.45, 2.75) is 46.3 Å². The molecule has 0 N–H and O–H groups in total. The Kier molecular flexibility index (Phi) is 7.37. The molecule has 0 aliphatic carbocycles. The highest BCUT2D eigenvalue weighted by molar-refractivity contribution is 5.87. The summed E-state index contributed by atoms with van der Waals surface area (Å²) in [6, 6.07) is 9.47. The number of carbonyl (C=O) groups excluding carboxylic acids is 2. The summed E-state index contributed by atoms with van der Waals surface area (Å²) >= 11 is 0. The van der Waals surface area contributed by atoms with E-state index in [4.69, 9.17) is 9.47 Å². The predicted octanol–water partition coefficient (Wildman–Crippen LogP) is 3.61. The van der Waals surface area contributed by atoms with Crippen LogP contribution in [0.25, 0.3) is 6.08 Å². The predicted molar refractivity (Wildman–Crippen MR) is 86.0 cm³/mol. The third-order valence-electron chi connectivity index (χ3n) is 3.17. The van der Waals surface area contributed by atoms with Crippen LogP contribution in [-0.2, 0) is 19.1 Å². The zero-order chi connectivity index (χ0) is 16.5. The van der Waals surface area contributed by atoms with Gasteiger partial charge in [0, 0.05) is 6.08 Å². The van der Waals surface area contributed by atoms with Crippen molar-refractivity contribution in [3.8, 4) is 0 Å². The van der Waals surface area contributed by atoms with E-state index >= 15 is 0 Å². The summed E-state index contributed by atoms with van der Waals surface area (Å²) in [6.45, 7) is 7.17. The fourth-order valence-electron chi connectivity index (χ4n) is 2.04. The number of carbonyl (C=O) groups is 2. The van der Waals surface area contributed by atoms with Crippen LogP contribution in [0.15, 0.2) is 36.4 Å². The zero-order valence-electron chi connectivity index (χ0n) is 13.6. The minimum Gasteiger partial charge on any atom is -0.463 e. The maximum Gasteiger partial charge on any atom is 0.331 e. The molecular weight excluding hydrogens is 280 g/mol. The number of esters is 2. The molecule has 1 rings (SSSR count). The standard InChI is InChI=1S/C18H24O4/c1-5-16(18(20)21-13(2)3)14(4)22-17(19)12-11-15-9-7-6-8-10-15/h6-14,16H,5H2,1-4H3/b12-11+. The van der Waals surface area contributed by atoms with Crippen molar-refractivity contribution in [1.29, 1.82) is 0 Å². The molecule has 1 aromatic carbocycles. The summed E-state index contributed by atoms with van der Waals surface area (Å²) in [6.07, 6.45) is 2.91. The van der Waals surface area contributed by atoms with Gasteiger partial charge in [-0.05, 0) is 38.8 Å². The molecule has 4 heteroatoms. The molecule has 120 valence electrons. The zero-order valence-corrected chi connectivity index (χ0v) is 13.6. The number of rotatable bonds is 7. The second kappa shape index (κ2) is 9.03. The molecule has 2 atom stereocenters. The first-order valence-electron chi connectivity index (χ1n) is 7.58. The van der Waals surface area contributed by atoms with Gasteiger partial charge in [0.15, 0.2) is 0 Å². The molecule has 0 fully saturated rings. The lowest BCUT2D eigenvalue weighted by atomic mass is 10.0. The number of hydrogen-bond donors (Lipinski definition) is 0. The van der Waals surface area contributed by atoms with Gasteiger partial charge in [-0.25, -0.2) is 4.79 Å². The van der Waals surface area contributed by atoms with Crippen molar-refractivity contribution in [2.24, 2.45) is 5.92 Å². The van der Waals surface area contributed by atoms with Gasteiger partial charge < -0.3 is 9.47 Å². The SMILES string of the molecule is CCC(C(=O)OC(C)C)C(C)OC(=O)/C=C/c1ccccc1. The van der Waals surface area contributed by atoms with E-state index in [1.807, 2.05) is 37.3 Å². The highest BCUT2D eigenvalue weighted by Crippen LogP contribution is 2.16. The van der Waals surface area contributed by atoms with Crippen LogP contribution in [0.5, 0.6) is 0 Å². The van der Waals surface area contributed by atoms with E-state index in [0.717, 1.165) is 5.56 Å². The van der Waals surface area contributed by atoms with Gasteiger partial charge in [-0.3, -0.25) is 4.79 Å². The van der Waals surface area contributed by atoms with Crippen LogP contribution in [0.4, 0.5) is 0 Å². The van der Waals surface area contributed by atoms with Crippen LogP contribution in [-0.4, -0.2) is 24.1 Å². The van der Waals surface area contributed by atoms with Gasteiger partial charge in [-0.15, -0.1) is 0 Å². The first-order valence-corrected chi connectivity index (χ1v) is 7.58. The maximum absolute atomic E-state index is 12.0. The maximum atomic E-state index is 12.0. The quantitative estimate of drug-likeness (QED) is 0.570. The first kappa shape index (κ1) is 18.0. The topological polar surface area (TPSA) is 52.6 Å². The molecule has 0 amide bonds. The van der Waals surface area contributed by atoms with Gasteiger partial charge >= 0.3 is 11.9 Å². The van der Waals surface area contributed by atoms with E-state index in [2.05, 4.69) is 0 Å². The summed E-state index contributed by atoms with van der Waals surface area (Å²) in [7, 11) is 0. The van der Waals surface area contributed by atoms with E-state index in [1.165, 1.54) is 6.08 Å². The second-order valence-corrected chi connectivity index (χ2v) is 5.39. The summed E-state index contributed by atoms with van der Waals surface area (Å²) in [4.78, 5) is 23.8. The fraction of sp³-hybridized carbons (Fsp3) is 0.444. The van der Waals surface area contributed by atoms with Gasteiger partial charge in [-0.2, -0.15) is 0 Å². The third kappa shape index (κ3) is 6.12. The smallest absolute Gasteiger partial charge is 0.331 e. The molecule has 0 aromatic heterocycles. The van der Waals surface area contributed by atoms with Gasteiger partial charge in [0.25, 0.3) is 0 Å². The van der Waals surface area contributed by atoms with Gasteiger partial charge in [0.05, 0.1) is 12.0 Å². The molecule has 0 saturated heterocycles. The normalized spacial score (nSPS) is 13.9. The lowest BCUT2D eigenvalue weighted by Crippen LogP contribution is -2.32. The summed E-state index contributed by atoms with van der Waals surface area (Å²) in [5.41, 5.74) is 0.915. The molecule has 2 unspecified atom stereocenters. The lowest BCUT2D eigenvalue weighted by molar-refractivity contribution is -0.161. The highest BCUT2D eigenvalue weighted by Gasteiger charge is 2.27. The van der Waals surface area contributed by atoms with Crippen LogP contribution >= 0.6 is 0 Å². The Hall–Kier alpha value is -2.10. The van der Waals surface area contributed by atoms with E-state index in [-0.39, 0.29) is 12.1 Å². The molecule has 0 heterocycles. The Labute approximate surface area is 132 Å². The van der Waals surface area contributed by atoms with Crippen LogP contribution < -0.4 is 0 Å². The summed E-state index contributed by atoms with van der Waals surface area (Å²) in [5.74, 6) is -1.24. The Morgan fingerprint density at radius 1 is 1.09 bits per heavy atom. The van der Waals surface area contributed by atoms with Crippen molar-refractivity contribution in [3.63, 3.8) is 0 Å². The Morgan fingerprint density at radius 3 is 2.27 bits per heavy atom. The fourth-order valence-corrected chi connectivity index (χ4v) is 2.04. The minimum atomic E-state index is -0.524. The molecular formula is C18H24O4. The van der Waals surface area contributed by atoms with Crippen molar-refractivity contribution in [3.05, 3.63) is 42.0 Å². The first-order chi connectivity index (χ1) is 10.4. The van der Waals surface area contributed by atoms with Gasteiger partial charge in [-0.1, -0.05) is 37.3 Å². The van der Waals surface area contributed by atoms with E-state index < -0.39 is 18.0 Å². The third-order valence-corrected chi connectivity index (χ3v) is 3.17. The average molecular weight is 304 g/mol. The van der Waals surface area contributed by atoms with Crippen LogP contribution in [0.3, 0.4) is 0 Å². The van der Waals surface area contributed by atoms with E-state index in [9.17, 15) is 9.59 Å². The lowest BCUT2D eigenvalue weighted by Gasteiger charge is -2.22. The molecule has 0 spiro atoms. The Balaban J connectivity index is 2.58. The Morgan fingerprint density at radius 2 is 1.73 bits per heavy atom. The summed E-state index contributed by atoms with van der Waals surface area (Å²) < 4.78 is 10.5. The Bertz CT molecular complexity index is 505.